The molecular formula is C30H28FNO3. The molecule has 3 atom stereocenters. The maximum absolute atomic E-state index is 15.2. The fraction of sp³-hybridized carbons (Fsp3) is 0.233. The van der Waals surface area contributed by atoms with Gasteiger partial charge in [0.2, 0.25) is 0 Å². The lowest BCUT2D eigenvalue weighted by molar-refractivity contribution is 0.0600. The summed E-state index contributed by atoms with van der Waals surface area (Å²) in [5, 5.41) is 6.08. The lowest BCUT2D eigenvalue weighted by Crippen LogP contribution is -2.37. The third-order valence-corrected chi connectivity index (χ3v) is 6.83. The van der Waals surface area contributed by atoms with Gasteiger partial charge < -0.3 is 14.8 Å². The van der Waals surface area contributed by atoms with Crippen LogP contribution in [-0.2, 0) is 4.74 Å². The molecule has 1 aliphatic heterocycles. The van der Waals surface area contributed by atoms with Gasteiger partial charge >= 0.3 is 5.97 Å². The molecular weight excluding hydrogens is 441 g/mol. The molecule has 4 nitrogen and oxygen atoms in total. The van der Waals surface area contributed by atoms with Crippen LogP contribution in [0.4, 0.5) is 4.39 Å². The largest absolute Gasteiger partial charge is 0.489 e. The maximum Gasteiger partial charge on any atom is 0.337 e. The van der Waals surface area contributed by atoms with Crippen LogP contribution < -0.4 is 10.1 Å². The minimum Gasteiger partial charge on any atom is -0.489 e. The van der Waals surface area contributed by atoms with Crippen molar-refractivity contribution in [2.45, 2.75) is 31.4 Å². The van der Waals surface area contributed by atoms with Crippen LogP contribution in [0.1, 0.15) is 52.4 Å². The summed E-state index contributed by atoms with van der Waals surface area (Å²) in [4.78, 5) is 11.8. The van der Waals surface area contributed by atoms with Gasteiger partial charge in [0.15, 0.2) is 0 Å². The smallest absolute Gasteiger partial charge is 0.337 e. The van der Waals surface area contributed by atoms with Crippen LogP contribution >= 0.6 is 0 Å². The Morgan fingerprint density at radius 1 is 1.03 bits per heavy atom. The molecule has 0 saturated carbocycles. The van der Waals surface area contributed by atoms with E-state index >= 15 is 4.39 Å². The average Bonchev–Trinajstić information content (AvgIpc) is 2.90. The van der Waals surface area contributed by atoms with E-state index in [0.29, 0.717) is 18.5 Å². The van der Waals surface area contributed by atoms with Gasteiger partial charge in [-0.15, -0.1) is 0 Å². The van der Waals surface area contributed by atoms with Crippen molar-refractivity contribution in [3.05, 3.63) is 113 Å². The number of halogens is 1. The molecule has 4 aromatic carbocycles. The van der Waals surface area contributed by atoms with Crippen LogP contribution in [-0.4, -0.2) is 25.7 Å². The third kappa shape index (κ3) is 4.64. The molecule has 0 bridgehead atoms. The van der Waals surface area contributed by atoms with Crippen molar-refractivity contribution in [1.82, 2.24) is 5.32 Å². The highest BCUT2D eigenvalue weighted by Crippen LogP contribution is 2.41. The number of carbonyl (C=O) groups excluding carboxylic acids is 1. The standard InChI is InChI=1S/C30H28FNO3/c1-19(23-12-7-9-20-8-3-4-10-24(20)23)32-18-22-17-27(26-11-5-6-13-29(26)35-22)25-15-14-21(16-28(25)31)30(33)34-2/h3-16,19,22,27,32H,17-18H2,1-2H3/t19-,22-,27+/m1/s1. The summed E-state index contributed by atoms with van der Waals surface area (Å²) in [6.07, 6.45) is 0.493. The zero-order chi connectivity index (χ0) is 24.4. The molecule has 5 rings (SSSR count). The predicted octanol–water partition coefficient (Wildman–Crippen LogP) is 6.40. The van der Waals surface area contributed by atoms with Crippen molar-refractivity contribution in [3.8, 4) is 5.75 Å². The number of hydrogen-bond acceptors (Lipinski definition) is 4. The number of ether oxygens (including phenoxy) is 2. The molecule has 0 fully saturated rings. The van der Waals surface area contributed by atoms with Crippen molar-refractivity contribution in [2.24, 2.45) is 0 Å². The summed E-state index contributed by atoms with van der Waals surface area (Å²) in [7, 11) is 1.29. The highest BCUT2D eigenvalue weighted by Gasteiger charge is 2.31. The Balaban J connectivity index is 1.38. The van der Waals surface area contributed by atoms with Crippen LogP contribution in [0.5, 0.6) is 5.75 Å². The lowest BCUT2D eigenvalue weighted by Gasteiger charge is -2.33. The summed E-state index contributed by atoms with van der Waals surface area (Å²) < 4.78 is 26.2. The van der Waals surface area contributed by atoms with Crippen molar-refractivity contribution < 1.29 is 18.7 Å². The molecule has 0 saturated heterocycles. The SMILES string of the molecule is COC(=O)c1ccc([C@@H]2C[C@H](CN[C@H](C)c3cccc4ccccc34)Oc3ccccc32)c(F)c1. The number of carbonyl (C=O) groups is 1. The lowest BCUT2D eigenvalue weighted by atomic mass is 9.83. The first-order chi connectivity index (χ1) is 17.0. The van der Waals surface area contributed by atoms with Crippen molar-refractivity contribution >= 4 is 16.7 Å². The predicted molar refractivity (Wildman–Crippen MR) is 135 cm³/mol. The normalized spacial score (nSPS) is 17.9. The van der Waals surface area contributed by atoms with E-state index in [0.717, 1.165) is 11.3 Å². The van der Waals surface area contributed by atoms with Gasteiger partial charge in [0.25, 0.3) is 0 Å². The van der Waals surface area contributed by atoms with E-state index in [1.54, 1.807) is 12.1 Å². The fourth-order valence-electron chi connectivity index (χ4n) is 5.01. The minimum atomic E-state index is -0.549. The highest BCUT2D eigenvalue weighted by atomic mass is 19.1. The second-order valence-electron chi connectivity index (χ2n) is 8.99. The molecule has 0 unspecified atom stereocenters. The molecule has 0 amide bonds. The second kappa shape index (κ2) is 9.88. The third-order valence-electron chi connectivity index (χ3n) is 6.83. The Kier molecular flexibility index (Phi) is 6.51. The maximum atomic E-state index is 15.2. The molecule has 5 heteroatoms. The van der Waals surface area contributed by atoms with Gasteiger partial charge in [0.05, 0.1) is 12.7 Å². The molecule has 1 heterocycles. The number of para-hydroxylation sites is 1. The first-order valence-electron chi connectivity index (χ1n) is 11.9. The topological polar surface area (TPSA) is 47.6 Å². The van der Waals surface area contributed by atoms with Gasteiger partial charge in [-0.3, -0.25) is 0 Å². The van der Waals surface area contributed by atoms with Gasteiger partial charge in [-0.05, 0) is 53.4 Å². The highest BCUT2D eigenvalue weighted by molar-refractivity contribution is 5.89. The Morgan fingerprint density at radius 2 is 1.80 bits per heavy atom. The number of hydrogen-bond donors (Lipinski definition) is 1. The van der Waals surface area contributed by atoms with Crippen molar-refractivity contribution in [1.29, 1.82) is 0 Å². The number of esters is 1. The fourth-order valence-corrected chi connectivity index (χ4v) is 5.01. The number of fused-ring (bicyclic) bond motifs is 2. The van der Waals surface area contributed by atoms with E-state index in [9.17, 15) is 4.79 Å². The van der Waals surface area contributed by atoms with Crippen LogP contribution in [0, 0.1) is 5.82 Å². The molecule has 0 aromatic heterocycles. The van der Waals surface area contributed by atoms with E-state index in [2.05, 4.69) is 54.7 Å². The van der Waals surface area contributed by atoms with Gasteiger partial charge in [-0.2, -0.15) is 0 Å². The van der Waals surface area contributed by atoms with Gasteiger partial charge in [-0.1, -0.05) is 66.7 Å². The van der Waals surface area contributed by atoms with E-state index in [1.807, 2.05) is 24.3 Å². The first kappa shape index (κ1) is 23.1. The Hall–Kier alpha value is -3.70. The number of methoxy groups -OCH3 is 1. The summed E-state index contributed by atoms with van der Waals surface area (Å²) in [5.41, 5.74) is 2.95. The molecule has 178 valence electrons. The van der Waals surface area contributed by atoms with Gasteiger partial charge in [0.1, 0.15) is 17.7 Å². The second-order valence-corrected chi connectivity index (χ2v) is 8.99. The minimum absolute atomic E-state index is 0.122. The molecule has 1 N–H and O–H groups in total. The summed E-state index contributed by atoms with van der Waals surface area (Å²) in [6.45, 7) is 2.78. The summed E-state index contributed by atoms with van der Waals surface area (Å²) in [6, 6.07) is 27.2. The van der Waals surface area contributed by atoms with Gasteiger partial charge in [0, 0.05) is 24.1 Å². The number of benzene rings is 4. The molecule has 1 aliphatic rings. The molecule has 0 radical (unpaired) electrons. The number of nitrogens with one attached hydrogen (secondary N) is 1. The Labute approximate surface area is 204 Å². The zero-order valence-corrected chi connectivity index (χ0v) is 19.8. The molecule has 4 aromatic rings. The van der Waals surface area contributed by atoms with Crippen LogP contribution in [0.2, 0.25) is 0 Å². The van der Waals surface area contributed by atoms with Crippen LogP contribution in [0.3, 0.4) is 0 Å². The average molecular weight is 470 g/mol. The van der Waals surface area contributed by atoms with Crippen molar-refractivity contribution in [2.75, 3.05) is 13.7 Å². The summed E-state index contributed by atoms with van der Waals surface area (Å²) in [5.74, 6) is -0.367. The van der Waals surface area contributed by atoms with Crippen LogP contribution in [0.15, 0.2) is 84.9 Å². The zero-order valence-electron chi connectivity index (χ0n) is 19.8. The Morgan fingerprint density at radius 3 is 2.63 bits per heavy atom. The summed E-state index contributed by atoms with van der Waals surface area (Å²) >= 11 is 0. The first-order valence-corrected chi connectivity index (χ1v) is 11.9. The van der Waals surface area contributed by atoms with E-state index in [1.165, 1.54) is 29.5 Å². The Bertz CT molecular complexity index is 1360. The van der Waals surface area contributed by atoms with Crippen LogP contribution in [0.25, 0.3) is 10.8 Å². The monoisotopic (exact) mass is 469 g/mol. The van der Waals surface area contributed by atoms with Gasteiger partial charge in [-0.25, -0.2) is 9.18 Å². The molecule has 0 aliphatic carbocycles. The van der Waals surface area contributed by atoms with Crippen molar-refractivity contribution in [3.63, 3.8) is 0 Å². The number of rotatable bonds is 6. The molecule has 35 heavy (non-hydrogen) atoms. The quantitative estimate of drug-likeness (QED) is 0.332. The molecule has 0 spiro atoms. The van der Waals surface area contributed by atoms with E-state index < -0.39 is 11.8 Å². The van der Waals surface area contributed by atoms with E-state index in [4.69, 9.17) is 9.47 Å². The van der Waals surface area contributed by atoms with E-state index in [-0.39, 0.29) is 23.6 Å².